The molecule has 0 saturated heterocycles. The van der Waals surface area contributed by atoms with Gasteiger partial charge in [-0.15, -0.1) is 0 Å². The average molecular weight is 426 g/mol. The van der Waals surface area contributed by atoms with Crippen LogP contribution < -0.4 is 5.43 Å². The summed E-state index contributed by atoms with van der Waals surface area (Å²) in [5, 5.41) is 16.6. The molecule has 0 unspecified atom stereocenters. The molecule has 5 nitrogen and oxygen atoms in total. The number of fused-ring (bicyclic) bond motifs is 3. The summed E-state index contributed by atoms with van der Waals surface area (Å²) in [5.41, 5.74) is 5.30. The highest BCUT2D eigenvalue weighted by Crippen LogP contribution is 2.32. The number of hydrogen-bond acceptors (Lipinski definition) is 3. The first-order chi connectivity index (χ1) is 14.0. The first-order valence-electron chi connectivity index (χ1n) is 8.99. The van der Waals surface area contributed by atoms with Crippen molar-refractivity contribution in [3.63, 3.8) is 0 Å². The van der Waals surface area contributed by atoms with Gasteiger partial charge in [0.1, 0.15) is 5.75 Å². The lowest BCUT2D eigenvalue weighted by molar-refractivity contribution is -0.121. The Morgan fingerprint density at radius 2 is 1.55 bits per heavy atom. The molecule has 0 fully saturated rings. The van der Waals surface area contributed by atoms with Gasteiger partial charge in [-0.25, -0.2) is 5.43 Å². The number of aryl methyl sites for hydroxylation is 1. The van der Waals surface area contributed by atoms with Gasteiger partial charge in [0.05, 0.1) is 6.21 Å². The number of rotatable bonds is 5. The lowest BCUT2D eigenvalue weighted by Gasteiger charge is -2.07. The lowest BCUT2D eigenvalue weighted by atomic mass is 10.1. The van der Waals surface area contributed by atoms with Crippen LogP contribution >= 0.6 is 23.2 Å². The Labute approximate surface area is 177 Å². The maximum atomic E-state index is 12.2. The van der Waals surface area contributed by atoms with Crippen molar-refractivity contribution >= 4 is 57.1 Å². The van der Waals surface area contributed by atoms with E-state index in [0.29, 0.717) is 16.6 Å². The third-order valence-corrected chi connectivity index (χ3v) is 5.12. The first kappa shape index (κ1) is 19.3. The van der Waals surface area contributed by atoms with Gasteiger partial charge in [-0.1, -0.05) is 23.2 Å². The summed E-state index contributed by atoms with van der Waals surface area (Å²) in [4.78, 5) is 12.2. The molecule has 7 heteroatoms. The zero-order valence-corrected chi connectivity index (χ0v) is 16.8. The SMILES string of the molecule is O=C(CCn1c2ccc(Cl)cc2c2cc(Cl)ccc21)N/N=C/c1ccc(O)cc1. The van der Waals surface area contributed by atoms with Gasteiger partial charge in [0.15, 0.2) is 0 Å². The number of nitrogens with one attached hydrogen (secondary N) is 1. The van der Waals surface area contributed by atoms with E-state index in [1.54, 1.807) is 24.3 Å². The smallest absolute Gasteiger partial charge is 0.241 e. The molecule has 0 atom stereocenters. The summed E-state index contributed by atoms with van der Waals surface area (Å²) in [5.74, 6) is -0.0158. The highest BCUT2D eigenvalue weighted by Gasteiger charge is 2.12. The number of phenols is 1. The molecule has 0 aliphatic heterocycles. The number of phenolic OH excluding ortho intramolecular Hbond substituents is 1. The molecule has 1 aromatic heterocycles. The first-order valence-corrected chi connectivity index (χ1v) is 9.75. The number of carbonyl (C=O) groups excluding carboxylic acids is 1. The Morgan fingerprint density at radius 1 is 0.966 bits per heavy atom. The van der Waals surface area contributed by atoms with Gasteiger partial charge in [0.25, 0.3) is 0 Å². The second-order valence-electron chi connectivity index (χ2n) is 6.61. The van der Waals surface area contributed by atoms with Crippen molar-refractivity contribution < 1.29 is 9.90 Å². The summed E-state index contributed by atoms with van der Waals surface area (Å²) in [6.45, 7) is 0.490. The van der Waals surface area contributed by atoms with E-state index in [9.17, 15) is 9.90 Å². The third kappa shape index (κ3) is 4.21. The van der Waals surface area contributed by atoms with Crippen molar-refractivity contribution in [3.8, 4) is 5.75 Å². The minimum Gasteiger partial charge on any atom is -0.508 e. The van der Waals surface area contributed by atoms with Crippen LogP contribution in [0.4, 0.5) is 0 Å². The van der Waals surface area contributed by atoms with E-state index in [2.05, 4.69) is 15.1 Å². The summed E-state index contributed by atoms with van der Waals surface area (Å²) < 4.78 is 2.08. The van der Waals surface area contributed by atoms with E-state index < -0.39 is 0 Å². The van der Waals surface area contributed by atoms with Gasteiger partial charge in [-0.3, -0.25) is 4.79 Å². The standard InChI is InChI=1S/C22H17Cl2N3O2/c23-15-3-7-20-18(11-15)19-12-16(24)4-8-21(19)27(20)10-9-22(29)26-25-13-14-1-5-17(28)6-2-14/h1-8,11-13,28H,9-10H2,(H,26,29)/b25-13+. The van der Waals surface area contributed by atoms with Crippen LogP contribution in [-0.4, -0.2) is 21.8 Å². The summed E-state index contributed by atoms with van der Waals surface area (Å²) in [6.07, 6.45) is 1.79. The normalized spacial score (nSPS) is 11.5. The maximum absolute atomic E-state index is 12.2. The number of hydrazone groups is 1. The summed E-state index contributed by atoms with van der Waals surface area (Å²) >= 11 is 12.4. The zero-order chi connectivity index (χ0) is 20.4. The predicted molar refractivity (Wildman–Crippen MR) is 118 cm³/mol. The average Bonchev–Trinajstić information content (AvgIpc) is 3.00. The van der Waals surface area contributed by atoms with E-state index in [-0.39, 0.29) is 18.1 Å². The molecule has 3 aromatic carbocycles. The van der Waals surface area contributed by atoms with Crippen LogP contribution in [0.1, 0.15) is 12.0 Å². The molecule has 0 aliphatic carbocycles. The molecule has 0 spiro atoms. The fraction of sp³-hybridized carbons (Fsp3) is 0.0909. The van der Waals surface area contributed by atoms with E-state index in [4.69, 9.17) is 23.2 Å². The van der Waals surface area contributed by atoms with Crippen LogP contribution in [0.2, 0.25) is 10.0 Å². The number of benzene rings is 3. The molecule has 1 amide bonds. The second kappa shape index (κ2) is 8.15. The van der Waals surface area contributed by atoms with Gasteiger partial charge >= 0.3 is 0 Å². The second-order valence-corrected chi connectivity index (χ2v) is 7.48. The Balaban J connectivity index is 1.51. The van der Waals surface area contributed by atoms with Crippen molar-refractivity contribution in [2.75, 3.05) is 0 Å². The number of aromatic nitrogens is 1. The van der Waals surface area contributed by atoms with Crippen molar-refractivity contribution in [1.82, 2.24) is 9.99 Å². The molecule has 0 aliphatic rings. The largest absolute Gasteiger partial charge is 0.508 e. The third-order valence-electron chi connectivity index (χ3n) is 4.65. The highest BCUT2D eigenvalue weighted by molar-refractivity contribution is 6.33. The fourth-order valence-corrected chi connectivity index (χ4v) is 3.64. The van der Waals surface area contributed by atoms with Gasteiger partial charge < -0.3 is 9.67 Å². The number of hydrogen-bond donors (Lipinski definition) is 2. The molecule has 4 aromatic rings. The molecule has 29 heavy (non-hydrogen) atoms. The van der Waals surface area contributed by atoms with Crippen LogP contribution in [0.3, 0.4) is 0 Å². The fourth-order valence-electron chi connectivity index (χ4n) is 3.30. The van der Waals surface area contributed by atoms with Crippen molar-refractivity contribution in [2.45, 2.75) is 13.0 Å². The topological polar surface area (TPSA) is 66.6 Å². The molecule has 2 N–H and O–H groups in total. The van der Waals surface area contributed by atoms with Gasteiger partial charge in [-0.2, -0.15) is 5.10 Å². The number of carbonyl (C=O) groups is 1. The molecule has 146 valence electrons. The molecule has 0 saturated carbocycles. The Bertz CT molecular complexity index is 1170. The van der Waals surface area contributed by atoms with Crippen molar-refractivity contribution in [1.29, 1.82) is 0 Å². The van der Waals surface area contributed by atoms with E-state index >= 15 is 0 Å². The molecular formula is C22H17Cl2N3O2. The monoisotopic (exact) mass is 425 g/mol. The number of aromatic hydroxyl groups is 1. The highest BCUT2D eigenvalue weighted by atomic mass is 35.5. The van der Waals surface area contributed by atoms with E-state index in [0.717, 1.165) is 27.4 Å². The number of nitrogens with zero attached hydrogens (tertiary/aromatic N) is 2. The Morgan fingerprint density at radius 3 is 2.14 bits per heavy atom. The Hall–Kier alpha value is -3.02. The molecule has 1 heterocycles. The van der Waals surface area contributed by atoms with Crippen LogP contribution in [0.5, 0.6) is 5.75 Å². The minimum absolute atomic E-state index is 0.180. The Kier molecular flexibility index (Phi) is 5.43. The molecular weight excluding hydrogens is 409 g/mol. The van der Waals surface area contributed by atoms with Gasteiger partial charge in [0, 0.05) is 44.8 Å². The van der Waals surface area contributed by atoms with Gasteiger partial charge in [0.2, 0.25) is 5.91 Å². The minimum atomic E-state index is -0.196. The van der Waals surface area contributed by atoms with E-state index in [1.807, 2.05) is 36.4 Å². The lowest BCUT2D eigenvalue weighted by Crippen LogP contribution is -2.19. The van der Waals surface area contributed by atoms with Crippen LogP contribution in [-0.2, 0) is 11.3 Å². The quantitative estimate of drug-likeness (QED) is 0.334. The van der Waals surface area contributed by atoms with Crippen LogP contribution in [0.15, 0.2) is 65.8 Å². The van der Waals surface area contributed by atoms with E-state index in [1.165, 1.54) is 6.21 Å². The number of amides is 1. The summed E-state index contributed by atoms with van der Waals surface area (Å²) in [6, 6.07) is 17.9. The van der Waals surface area contributed by atoms with Crippen LogP contribution in [0.25, 0.3) is 21.8 Å². The van der Waals surface area contributed by atoms with Gasteiger partial charge in [-0.05, 0) is 66.2 Å². The molecule has 0 radical (unpaired) electrons. The van der Waals surface area contributed by atoms with Crippen molar-refractivity contribution in [2.24, 2.45) is 5.10 Å². The van der Waals surface area contributed by atoms with Crippen molar-refractivity contribution in [3.05, 3.63) is 76.3 Å². The molecule has 4 rings (SSSR count). The zero-order valence-electron chi connectivity index (χ0n) is 15.3. The predicted octanol–water partition coefficient (Wildman–Crippen LogP) is 5.35. The summed E-state index contributed by atoms with van der Waals surface area (Å²) in [7, 11) is 0. The molecule has 0 bridgehead atoms. The van der Waals surface area contributed by atoms with Crippen LogP contribution in [0, 0.1) is 0 Å². The number of halogens is 2. The maximum Gasteiger partial charge on any atom is 0.241 e.